The highest BCUT2D eigenvalue weighted by molar-refractivity contribution is 6.30. The normalized spacial score (nSPS) is 12.2. The molecule has 0 aliphatic rings. The van der Waals surface area contributed by atoms with Crippen LogP contribution in [0.4, 0.5) is 5.95 Å². The first-order valence-corrected chi connectivity index (χ1v) is 4.80. The van der Waals surface area contributed by atoms with Crippen molar-refractivity contribution in [2.24, 2.45) is 5.92 Å². The van der Waals surface area contributed by atoms with Gasteiger partial charge in [0, 0.05) is 13.6 Å². The van der Waals surface area contributed by atoms with Crippen LogP contribution >= 0.6 is 11.6 Å². The summed E-state index contributed by atoms with van der Waals surface area (Å²) in [6.07, 6.45) is 2.96. The summed E-state index contributed by atoms with van der Waals surface area (Å²) in [7, 11) is 1.74. The maximum Gasteiger partial charge on any atom is 0.308 e. The lowest BCUT2D eigenvalue weighted by molar-refractivity contribution is -0.140. The molecule has 5 nitrogen and oxygen atoms in total. The van der Waals surface area contributed by atoms with Crippen LogP contribution in [0.5, 0.6) is 0 Å². The topological polar surface area (TPSA) is 66.3 Å². The van der Waals surface area contributed by atoms with Gasteiger partial charge in [0.2, 0.25) is 5.95 Å². The van der Waals surface area contributed by atoms with Gasteiger partial charge in [-0.1, -0.05) is 18.5 Å². The first-order chi connectivity index (χ1) is 7.00. The summed E-state index contributed by atoms with van der Waals surface area (Å²) in [5.41, 5.74) is 0. The molecular weight excluding hydrogens is 218 g/mol. The molecule has 0 aromatic carbocycles. The monoisotopic (exact) mass is 229 g/mol. The van der Waals surface area contributed by atoms with Crippen molar-refractivity contribution in [3.63, 3.8) is 0 Å². The van der Waals surface area contributed by atoms with Crippen molar-refractivity contribution in [2.45, 2.75) is 6.92 Å². The predicted molar refractivity (Wildman–Crippen MR) is 57.1 cm³/mol. The molecule has 0 saturated carbocycles. The first kappa shape index (κ1) is 11.7. The second-order valence-corrected chi connectivity index (χ2v) is 3.76. The second kappa shape index (κ2) is 4.93. The van der Waals surface area contributed by atoms with Crippen LogP contribution in [-0.2, 0) is 4.79 Å². The number of carboxylic acids is 1. The minimum Gasteiger partial charge on any atom is -0.481 e. The molecule has 1 unspecified atom stereocenters. The fourth-order valence-corrected chi connectivity index (χ4v) is 1.17. The predicted octanol–water partition coefficient (Wildman–Crippen LogP) is 1.29. The Hall–Kier alpha value is -1.36. The van der Waals surface area contributed by atoms with E-state index in [1.165, 1.54) is 12.4 Å². The van der Waals surface area contributed by atoms with E-state index in [9.17, 15) is 4.79 Å². The number of aromatic nitrogens is 2. The number of aliphatic carboxylic acids is 1. The van der Waals surface area contributed by atoms with Crippen LogP contribution in [0.1, 0.15) is 6.92 Å². The van der Waals surface area contributed by atoms with Gasteiger partial charge in [0.25, 0.3) is 0 Å². The fraction of sp³-hybridized carbons (Fsp3) is 0.444. The minimum atomic E-state index is -0.837. The van der Waals surface area contributed by atoms with Gasteiger partial charge in [0.05, 0.1) is 23.3 Å². The zero-order valence-corrected chi connectivity index (χ0v) is 9.27. The van der Waals surface area contributed by atoms with E-state index in [4.69, 9.17) is 16.7 Å². The molecule has 0 aliphatic carbocycles. The van der Waals surface area contributed by atoms with Gasteiger partial charge in [-0.05, 0) is 0 Å². The highest BCUT2D eigenvalue weighted by Gasteiger charge is 2.15. The van der Waals surface area contributed by atoms with Crippen molar-refractivity contribution in [1.29, 1.82) is 0 Å². The van der Waals surface area contributed by atoms with Crippen LogP contribution in [0.25, 0.3) is 0 Å². The molecule has 6 heteroatoms. The molecule has 0 fully saturated rings. The Morgan fingerprint density at radius 2 is 2.13 bits per heavy atom. The molecule has 1 atom stereocenters. The molecule has 0 spiro atoms. The third kappa shape index (κ3) is 3.36. The number of rotatable bonds is 4. The molecule has 1 N–H and O–H groups in total. The van der Waals surface area contributed by atoms with Crippen molar-refractivity contribution < 1.29 is 9.90 Å². The van der Waals surface area contributed by atoms with Gasteiger partial charge in [0.15, 0.2) is 0 Å². The number of halogens is 1. The van der Waals surface area contributed by atoms with E-state index in [-0.39, 0.29) is 0 Å². The molecule has 1 aromatic rings. The molecule has 82 valence electrons. The Labute approximate surface area is 92.7 Å². The number of carboxylic acid groups (broad SMARTS) is 1. The molecule has 15 heavy (non-hydrogen) atoms. The number of hydrogen-bond acceptors (Lipinski definition) is 4. The third-order valence-electron chi connectivity index (χ3n) is 1.92. The lowest BCUT2D eigenvalue weighted by Crippen LogP contribution is -2.29. The Balaban J connectivity index is 2.64. The SMILES string of the molecule is CC(CN(C)c1ncc(Cl)cn1)C(=O)O. The Kier molecular flexibility index (Phi) is 3.85. The van der Waals surface area contributed by atoms with Crippen LogP contribution in [0.15, 0.2) is 12.4 Å². The molecule has 0 bridgehead atoms. The zero-order valence-electron chi connectivity index (χ0n) is 8.51. The molecule has 1 aromatic heterocycles. The molecule has 0 radical (unpaired) electrons. The average molecular weight is 230 g/mol. The standard InChI is InChI=1S/C9H12ClN3O2/c1-6(8(14)15)5-13(2)9-11-3-7(10)4-12-9/h3-4,6H,5H2,1-2H3,(H,14,15). The van der Waals surface area contributed by atoms with Crippen molar-refractivity contribution in [3.05, 3.63) is 17.4 Å². The largest absolute Gasteiger partial charge is 0.481 e. The summed E-state index contributed by atoms with van der Waals surface area (Å²) in [6.45, 7) is 1.99. The van der Waals surface area contributed by atoms with Gasteiger partial charge in [-0.15, -0.1) is 0 Å². The van der Waals surface area contributed by atoms with Crippen molar-refractivity contribution >= 4 is 23.5 Å². The number of nitrogens with zero attached hydrogens (tertiary/aromatic N) is 3. The number of hydrogen-bond donors (Lipinski definition) is 1. The van der Waals surface area contributed by atoms with Crippen molar-refractivity contribution in [3.8, 4) is 0 Å². The average Bonchev–Trinajstić information content (AvgIpc) is 2.18. The quantitative estimate of drug-likeness (QED) is 0.843. The molecule has 0 amide bonds. The Bertz CT molecular complexity index is 342. The lowest BCUT2D eigenvalue weighted by atomic mass is 10.2. The van der Waals surface area contributed by atoms with Gasteiger partial charge >= 0.3 is 5.97 Å². The van der Waals surface area contributed by atoms with Crippen LogP contribution < -0.4 is 4.90 Å². The van der Waals surface area contributed by atoms with Crippen LogP contribution in [0.3, 0.4) is 0 Å². The summed E-state index contributed by atoms with van der Waals surface area (Å²) in [5.74, 6) is -0.836. The van der Waals surface area contributed by atoms with E-state index in [1.54, 1.807) is 18.9 Å². The highest BCUT2D eigenvalue weighted by atomic mass is 35.5. The molecule has 1 heterocycles. The van der Waals surface area contributed by atoms with Crippen LogP contribution in [0.2, 0.25) is 5.02 Å². The van der Waals surface area contributed by atoms with Gasteiger partial charge in [0.1, 0.15) is 0 Å². The van der Waals surface area contributed by atoms with Crippen LogP contribution in [-0.4, -0.2) is 34.6 Å². The second-order valence-electron chi connectivity index (χ2n) is 3.32. The van der Waals surface area contributed by atoms with E-state index < -0.39 is 11.9 Å². The maximum atomic E-state index is 10.6. The minimum absolute atomic E-state index is 0.358. The van der Waals surface area contributed by atoms with Gasteiger partial charge in [-0.25, -0.2) is 9.97 Å². The summed E-state index contributed by atoms with van der Waals surface area (Å²) in [4.78, 5) is 20.3. The van der Waals surface area contributed by atoms with E-state index >= 15 is 0 Å². The molecular formula is C9H12ClN3O2. The fourth-order valence-electron chi connectivity index (χ4n) is 1.07. The summed E-state index contributed by atoms with van der Waals surface area (Å²) in [5, 5.41) is 9.19. The molecule has 0 saturated heterocycles. The summed E-state index contributed by atoms with van der Waals surface area (Å²) >= 11 is 5.63. The van der Waals surface area contributed by atoms with Gasteiger partial charge < -0.3 is 10.0 Å². The summed E-state index contributed by atoms with van der Waals surface area (Å²) < 4.78 is 0. The van der Waals surface area contributed by atoms with Crippen molar-refractivity contribution in [2.75, 3.05) is 18.5 Å². The third-order valence-corrected chi connectivity index (χ3v) is 2.11. The smallest absolute Gasteiger partial charge is 0.308 e. The van der Waals surface area contributed by atoms with Gasteiger partial charge in [-0.3, -0.25) is 4.79 Å². The van der Waals surface area contributed by atoms with E-state index in [1.807, 2.05) is 0 Å². The Morgan fingerprint density at radius 1 is 1.60 bits per heavy atom. The summed E-state index contributed by atoms with van der Waals surface area (Å²) in [6, 6.07) is 0. The lowest BCUT2D eigenvalue weighted by Gasteiger charge is -2.18. The molecule has 0 aliphatic heterocycles. The molecule has 1 rings (SSSR count). The number of anilines is 1. The zero-order chi connectivity index (χ0) is 11.4. The van der Waals surface area contributed by atoms with Crippen molar-refractivity contribution in [1.82, 2.24) is 9.97 Å². The highest BCUT2D eigenvalue weighted by Crippen LogP contribution is 2.10. The number of carbonyl (C=O) groups is 1. The van der Waals surface area contributed by atoms with E-state index in [0.29, 0.717) is 17.5 Å². The van der Waals surface area contributed by atoms with E-state index in [0.717, 1.165) is 0 Å². The first-order valence-electron chi connectivity index (χ1n) is 4.42. The van der Waals surface area contributed by atoms with Gasteiger partial charge in [-0.2, -0.15) is 0 Å². The van der Waals surface area contributed by atoms with Crippen LogP contribution in [0, 0.1) is 5.92 Å². The Morgan fingerprint density at radius 3 is 2.60 bits per heavy atom. The van der Waals surface area contributed by atoms with E-state index in [2.05, 4.69) is 9.97 Å². The maximum absolute atomic E-state index is 10.6.